The summed E-state index contributed by atoms with van der Waals surface area (Å²) in [6, 6.07) is 34.6. The maximum Gasteiger partial charge on any atom is 0.119 e. The third kappa shape index (κ3) is 8.68. The summed E-state index contributed by atoms with van der Waals surface area (Å²) < 4.78 is 22.5. The first-order valence-corrected chi connectivity index (χ1v) is 17.4. The van der Waals surface area contributed by atoms with Gasteiger partial charge in [0, 0.05) is 37.6 Å². The second-order valence-electron chi connectivity index (χ2n) is 12.2. The number of allylic oxidation sites excluding steroid dienone is 2. The van der Waals surface area contributed by atoms with Gasteiger partial charge in [0.15, 0.2) is 0 Å². The molecular formula is C42H48N2O4. The number of rotatable bonds is 17. The summed E-state index contributed by atoms with van der Waals surface area (Å²) in [5.74, 6) is 1.69. The van der Waals surface area contributed by atoms with Crippen LogP contribution in [0.15, 0.2) is 109 Å². The third-order valence-electron chi connectivity index (χ3n) is 9.04. The molecule has 2 saturated heterocycles. The molecule has 0 N–H and O–H groups in total. The number of ether oxygens (including phenoxy) is 4. The van der Waals surface area contributed by atoms with Crippen LogP contribution in [0, 0.1) is 0 Å². The van der Waals surface area contributed by atoms with Crippen LogP contribution in [0.4, 0.5) is 11.4 Å². The Bertz CT molecular complexity index is 1530. The average molecular weight is 645 g/mol. The van der Waals surface area contributed by atoms with E-state index in [0.29, 0.717) is 13.2 Å². The Hall–Kier alpha value is -4.52. The molecule has 0 saturated carbocycles. The smallest absolute Gasteiger partial charge is 0.119 e. The lowest BCUT2D eigenvalue weighted by Crippen LogP contribution is -2.21. The number of anilines is 2. The fourth-order valence-corrected chi connectivity index (χ4v) is 5.93. The van der Waals surface area contributed by atoms with E-state index < -0.39 is 0 Å². The van der Waals surface area contributed by atoms with Crippen molar-refractivity contribution in [1.82, 2.24) is 0 Å². The van der Waals surface area contributed by atoms with E-state index in [-0.39, 0.29) is 12.2 Å². The molecule has 1 unspecified atom stereocenters. The van der Waals surface area contributed by atoms with E-state index in [0.717, 1.165) is 67.6 Å². The Morgan fingerprint density at radius 3 is 1.08 bits per heavy atom. The molecule has 2 aliphatic rings. The van der Waals surface area contributed by atoms with E-state index in [2.05, 4.69) is 122 Å². The second kappa shape index (κ2) is 16.1. The van der Waals surface area contributed by atoms with Crippen LogP contribution in [-0.2, 0) is 9.47 Å². The van der Waals surface area contributed by atoms with E-state index in [1.54, 1.807) is 0 Å². The van der Waals surface area contributed by atoms with Crippen LogP contribution in [0.2, 0.25) is 0 Å². The summed E-state index contributed by atoms with van der Waals surface area (Å²) >= 11 is 0. The van der Waals surface area contributed by atoms with Crippen LogP contribution in [0.25, 0.3) is 11.1 Å². The molecule has 6 nitrogen and oxygen atoms in total. The summed E-state index contributed by atoms with van der Waals surface area (Å²) in [6.45, 7) is 15.5. The predicted octanol–water partition coefficient (Wildman–Crippen LogP) is 8.50. The summed E-state index contributed by atoms with van der Waals surface area (Å²) in [4.78, 5) is 4.75. The van der Waals surface area contributed by atoms with Crippen molar-refractivity contribution in [3.05, 3.63) is 131 Å². The van der Waals surface area contributed by atoms with Crippen molar-refractivity contribution in [3.63, 3.8) is 0 Å². The molecule has 2 atom stereocenters. The molecule has 0 aromatic heterocycles. The molecule has 6 heteroatoms. The number of hydrogen-bond acceptors (Lipinski definition) is 6. The fraction of sp³-hybridized carbons (Fsp3) is 0.333. The van der Waals surface area contributed by atoms with Crippen molar-refractivity contribution < 1.29 is 18.9 Å². The van der Waals surface area contributed by atoms with Gasteiger partial charge < -0.3 is 28.7 Å². The fourth-order valence-electron chi connectivity index (χ4n) is 5.93. The highest BCUT2D eigenvalue weighted by Gasteiger charge is 2.24. The highest BCUT2D eigenvalue weighted by Crippen LogP contribution is 2.32. The lowest BCUT2D eigenvalue weighted by atomic mass is 9.93. The van der Waals surface area contributed by atoms with Crippen molar-refractivity contribution >= 4 is 22.5 Å². The van der Waals surface area contributed by atoms with Gasteiger partial charge in [-0.2, -0.15) is 0 Å². The topological polar surface area (TPSA) is 50.0 Å². The summed E-state index contributed by atoms with van der Waals surface area (Å²) in [5.41, 5.74) is 9.32. The Kier molecular flexibility index (Phi) is 11.2. The van der Waals surface area contributed by atoms with Crippen LogP contribution in [0.5, 0.6) is 11.5 Å². The van der Waals surface area contributed by atoms with E-state index >= 15 is 0 Å². The SMILES string of the molecule is CCN(CC)c1ccc(C(=CC=C(c2ccc(OCC3CO3)cc2)c2ccc(OC[C@H]3CO3)cc2)c2ccc(N(CC)CC)cc2)cc1. The quantitative estimate of drug-likeness (QED) is 0.0849. The molecule has 4 aromatic carbocycles. The third-order valence-corrected chi connectivity index (χ3v) is 9.04. The first-order valence-electron chi connectivity index (χ1n) is 17.4. The maximum absolute atomic E-state index is 5.95. The molecule has 250 valence electrons. The summed E-state index contributed by atoms with van der Waals surface area (Å²) in [6.07, 6.45) is 4.95. The van der Waals surface area contributed by atoms with Gasteiger partial charge in [0.25, 0.3) is 0 Å². The van der Waals surface area contributed by atoms with Crippen molar-refractivity contribution in [2.45, 2.75) is 39.9 Å². The number of benzene rings is 4. The van der Waals surface area contributed by atoms with Crippen molar-refractivity contribution in [2.75, 3.05) is 62.4 Å². The zero-order valence-corrected chi connectivity index (χ0v) is 28.7. The highest BCUT2D eigenvalue weighted by molar-refractivity contribution is 5.87. The standard InChI is InChI=1S/C42H48N2O4/c1-5-43(6-2)35-17-9-31(10-18-35)41(32-11-19-36(20-12-32)44(7-3)8-4)25-26-42(33-13-21-37(22-14-33)45-27-39-29-47-39)34-15-23-38(24-16-34)46-28-40-30-48-40/h9-26,39-40H,5-8,27-30H2,1-4H3/t39-,40?/m0/s1. The van der Waals surface area contributed by atoms with Gasteiger partial charge >= 0.3 is 0 Å². The van der Waals surface area contributed by atoms with Gasteiger partial charge in [-0.1, -0.05) is 60.7 Å². The number of hydrogen-bond donors (Lipinski definition) is 0. The van der Waals surface area contributed by atoms with Gasteiger partial charge in [-0.25, -0.2) is 0 Å². The molecule has 0 aliphatic carbocycles. The first kappa shape index (κ1) is 33.4. The van der Waals surface area contributed by atoms with Gasteiger partial charge in [0.2, 0.25) is 0 Å². The van der Waals surface area contributed by atoms with E-state index in [1.165, 1.54) is 28.1 Å². The van der Waals surface area contributed by atoms with Gasteiger partial charge in [-0.05, 0) is 110 Å². The molecule has 0 amide bonds. The van der Waals surface area contributed by atoms with Crippen LogP contribution in [0.1, 0.15) is 49.9 Å². The van der Waals surface area contributed by atoms with Gasteiger partial charge in [0.05, 0.1) is 13.2 Å². The molecule has 0 bridgehead atoms. The number of nitrogens with zero attached hydrogens (tertiary/aromatic N) is 2. The molecule has 0 spiro atoms. The highest BCUT2D eigenvalue weighted by atomic mass is 16.6. The largest absolute Gasteiger partial charge is 0.491 e. The van der Waals surface area contributed by atoms with Crippen molar-refractivity contribution in [1.29, 1.82) is 0 Å². The Morgan fingerprint density at radius 2 is 0.812 bits per heavy atom. The van der Waals surface area contributed by atoms with Crippen LogP contribution < -0.4 is 19.3 Å². The number of epoxide rings is 2. The van der Waals surface area contributed by atoms with Gasteiger partial charge in [-0.15, -0.1) is 0 Å². The maximum atomic E-state index is 5.95. The van der Waals surface area contributed by atoms with Crippen LogP contribution in [-0.4, -0.2) is 64.8 Å². The van der Waals surface area contributed by atoms with Gasteiger partial charge in [-0.3, -0.25) is 0 Å². The lowest BCUT2D eigenvalue weighted by Gasteiger charge is -2.22. The molecule has 48 heavy (non-hydrogen) atoms. The zero-order valence-electron chi connectivity index (χ0n) is 28.7. The molecule has 2 heterocycles. The molecular weight excluding hydrogens is 596 g/mol. The summed E-state index contributed by atoms with van der Waals surface area (Å²) in [5, 5.41) is 0. The minimum absolute atomic E-state index is 0.220. The Balaban J connectivity index is 1.38. The summed E-state index contributed by atoms with van der Waals surface area (Å²) in [7, 11) is 0. The molecule has 2 fully saturated rings. The van der Waals surface area contributed by atoms with Crippen molar-refractivity contribution in [3.8, 4) is 11.5 Å². The average Bonchev–Trinajstić information content (AvgIpc) is 4.08. The molecule has 0 radical (unpaired) electrons. The predicted molar refractivity (Wildman–Crippen MR) is 198 cm³/mol. The lowest BCUT2D eigenvalue weighted by molar-refractivity contribution is 0.263. The monoisotopic (exact) mass is 644 g/mol. The Labute approximate surface area is 286 Å². The van der Waals surface area contributed by atoms with Crippen LogP contribution in [0.3, 0.4) is 0 Å². The van der Waals surface area contributed by atoms with E-state index in [9.17, 15) is 0 Å². The minimum Gasteiger partial charge on any atom is -0.491 e. The Morgan fingerprint density at radius 1 is 0.521 bits per heavy atom. The molecule has 2 aliphatic heterocycles. The normalized spacial score (nSPS) is 16.6. The second-order valence-corrected chi connectivity index (χ2v) is 12.2. The minimum atomic E-state index is 0.220. The van der Waals surface area contributed by atoms with Crippen molar-refractivity contribution in [2.24, 2.45) is 0 Å². The molecule has 4 aromatic rings. The van der Waals surface area contributed by atoms with E-state index in [1.807, 2.05) is 24.3 Å². The van der Waals surface area contributed by atoms with Crippen LogP contribution >= 0.6 is 0 Å². The van der Waals surface area contributed by atoms with E-state index in [4.69, 9.17) is 18.9 Å². The first-order chi connectivity index (χ1) is 23.6. The van der Waals surface area contributed by atoms with Gasteiger partial charge in [0.1, 0.15) is 36.9 Å². The molecule has 6 rings (SSSR count). The zero-order chi connectivity index (χ0) is 33.3.